The van der Waals surface area contributed by atoms with Crippen LogP contribution in [-0.2, 0) is 17.8 Å². The Bertz CT molecular complexity index is 1200. The summed E-state index contributed by atoms with van der Waals surface area (Å²) in [5, 5.41) is 21.8. The normalized spacial score (nSPS) is 13.5. The van der Waals surface area contributed by atoms with Crippen molar-refractivity contribution < 1.29 is 19.2 Å². The van der Waals surface area contributed by atoms with Crippen molar-refractivity contribution in [3.63, 3.8) is 0 Å². The van der Waals surface area contributed by atoms with Gasteiger partial charge in [0.1, 0.15) is 16.5 Å². The second kappa shape index (κ2) is 8.97. The van der Waals surface area contributed by atoms with Gasteiger partial charge < -0.3 is 20.1 Å². The van der Waals surface area contributed by atoms with Gasteiger partial charge in [0, 0.05) is 24.2 Å². The Hall–Kier alpha value is -3.44. The van der Waals surface area contributed by atoms with E-state index in [1.165, 1.54) is 25.4 Å². The smallest absolute Gasteiger partial charge is 0.311 e. The summed E-state index contributed by atoms with van der Waals surface area (Å²) in [4.78, 5) is 27.7. The molecule has 0 aliphatic carbocycles. The van der Waals surface area contributed by atoms with Gasteiger partial charge in [0.25, 0.3) is 5.91 Å². The fourth-order valence-corrected chi connectivity index (χ4v) is 3.80. The van der Waals surface area contributed by atoms with Gasteiger partial charge in [-0.15, -0.1) is 0 Å². The van der Waals surface area contributed by atoms with E-state index in [1.807, 2.05) is 0 Å². The Morgan fingerprint density at radius 2 is 2.28 bits per heavy atom. The molecule has 168 valence electrons. The zero-order chi connectivity index (χ0) is 22.8. The molecule has 0 fully saturated rings. The number of amides is 1. The highest BCUT2D eigenvalue weighted by atomic mass is 35.5. The van der Waals surface area contributed by atoms with E-state index in [4.69, 9.17) is 21.1 Å². The summed E-state index contributed by atoms with van der Waals surface area (Å²) in [5.74, 6) is 0.587. The van der Waals surface area contributed by atoms with Gasteiger partial charge in [-0.3, -0.25) is 14.9 Å². The fourth-order valence-electron chi connectivity index (χ4n) is 3.53. The van der Waals surface area contributed by atoms with Crippen LogP contribution >= 0.6 is 11.6 Å². The van der Waals surface area contributed by atoms with Gasteiger partial charge >= 0.3 is 5.69 Å². The zero-order valence-electron chi connectivity index (χ0n) is 17.4. The number of nitrogens with zero attached hydrogens (tertiary/aromatic N) is 4. The average Bonchev–Trinajstić information content (AvgIpc) is 3.41. The maximum absolute atomic E-state index is 12.8. The molecule has 1 aliphatic heterocycles. The lowest BCUT2D eigenvalue weighted by molar-refractivity contribution is -0.385. The minimum atomic E-state index is -0.507. The average molecular weight is 461 g/mol. The van der Waals surface area contributed by atoms with Crippen molar-refractivity contribution in [2.45, 2.75) is 26.0 Å². The zero-order valence-corrected chi connectivity index (χ0v) is 18.2. The SMILES string of the molecule is COc1ccc(COCC(C)NC(=O)c2cnn3c4c(c(Cl)nc23)CCN4)cc1[N+](=O)[O-]. The summed E-state index contributed by atoms with van der Waals surface area (Å²) in [6, 6.07) is 4.30. The Morgan fingerprint density at radius 3 is 3.03 bits per heavy atom. The number of methoxy groups -OCH3 is 1. The number of hydrogen-bond acceptors (Lipinski definition) is 8. The number of anilines is 1. The number of nitrogens with one attached hydrogen (secondary N) is 2. The number of benzene rings is 1. The Kier molecular flexibility index (Phi) is 6.10. The molecule has 3 heterocycles. The standard InChI is InChI=1S/C20H21ClN6O5/c1-11(9-32-10-12-3-4-16(31-2)15(7-12)27(29)30)24-20(28)14-8-23-26-18-13(5-6-22-18)17(21)25-19(14)26/h3-4,7-8,11,22H,5-6,9-10H2,1-2H3,(H,24,28). The molecule has 4 rings (SSSR count). The van der Waals surface area contributed by atoms with Crippen molar-refractivity contribution in [2.24, 2.45) is 0 Å². The number of fused-ring (bicyclic) bond motifs is 3. The molecule has 0 bridgehead atoms. The van der Waals surface area contributed by atoms with Gasteiger partial charge in [0.05, 0.1) is 31.4 Å². The lowest BCUT2D eigenvalue weighted by Gasteiger charge is -2.14. The fraction of sp³-hybridized carbons (Fsp3) is 0.350. The number of halogens is 1. The molecule has 0 saturated carbocycles. The number of carbonyl (C=O) groups excluding carboxylic acids is 1. The summed E-state index contributed by atoms with van der Waals surface area (Å²) in [6.07, 6.45) is 2.21. The molecule has 0 radical (unpaired) electrons. The van der Waals surface area contributed by atoms with Crippen LogP contribution in [0.2, 0.25) is 5.15 Å². The van der Waals surface area contributed by atoms with E-state index >= 15 is 0 Å². The summed E-state index contributed by atoms with van der Waals surface area (Å²) in [6.45, 7) is 2.88. The number of aromatic nitrogens is 3. The minimum absolute atomic E-state index is 0.129. The van der Waals surface area contributed by atoms with Gasteiger partial charge in [0.15, 0.2) is 11.4 Å². The van der Waals surface area contributed by atoms with Crippen molar-refractivity contribution in [1.29, 1.82) is 0 Å². The van der Waals surface area contributed by atoms with Gasteiger partial charge in [0.2, 0.25) is 0 Å². The van der Waals surface area contributed by atoms with E-state index in [2.05, 4.69) is 20.7 Å². The lowest BCUT2D eigenvalue weighted by atomic mass is 10.2. The first-order valence-corrected chi connectivity index (χ1v) is 10.3. The van der Waals surface area contributed by atoms with Gasteiger partial charge in [-0.1, -0.05) is 17.7 Å². The largest absolute Gasteiger partial charge is 0.490 e. The quantitative estimate of drug-likeness (QED) is 0.298. The van der Waals surface area contributed by atoms with Gasteiger partial charge in [-0.05, 0) is 25.0 Å². The maximum atomic E-state index is 12.8. The van der Waals surface area contributed by atoms with Crippen LogP contribution in [0.15, 0.2) is 24.4 Å². The lowest BCUT2D eigenvalue weighted by Crippen LogP contribution is -2.35. The second-order valence-electron chi connectivity index (χ2n) is 7.35. The van der Waals surface area contributed by atoms with Crippen LogP contribution < -0.4 is 15.4 Å². The molecule has 11 nitrogen and oxygen atoms in total. The number of hydrogen-bond donors (Lipinski definition) is 2. The van der Waals surface area contributed by atoms with Gasteiger partial charge in [-0.25, -0.2) is 4.98 Å². The molecular weight excluding hydrogens is 440 g/mol. The third-order valence-corrected chi connectivity index (χ3v) is 5.37. The maximum Gasteiger partial charge on any atom is 0.311 e. The van der Waals surface area contributed by atoms with E-state index in [0.29, 0.717) is 21.9 Å². The molecule has 1 unspecified atom stereocenters. The molecule has 1 atom stereocenters. The van der Waals surface area contributed by atoms with E-state index in [9.17, 15) is 14.9 Å². The first-order valence-electron chi connectivity index (χ1n) is 9.89. The van der Waals surface area contributed by atoms with Crippen LogP contribution in [0.25, 0.3) is 5.65 Å². The summed E-state index contributed by atoms with van der Waals surface area (Å²) in [7, 11) is 1.38. The van der Waals surface area contributed by atoms with Gasteiger partial charge in [-0.2, -0.15) is 9.61 Å². The van der Waals surface area contributed by atoms with E-state index < -0.39 is 4.92 Å². The summed E-state index contributed by atoms with van der Waals surface area (Å²) in [5.41, 5.74) is 2.06. The van der Waals surface area contributed by atoms with Crippen molar-refractivity contribution >= 4 is 34.7 Å². The molecular formula is C20H21ClN6O5. The van der Waals surface area contributed by atoms with Crippen LogP contribution in [0.5, 0.6) is 5.75 Å². The molecule has 1 aromatic carbocycles. The monoisotopic (exact) mass is 460 g/mol. The van der Waals surface area contributed by atoms with Crippen LogP contribution in [0.3, 0.4) is 0 Å². The molecule has 2 N–H and O–H groups in total. The van der Waals surface area contributed by atoms with Crippen LogP contribution in [-0.4, -0.2) is 51.7 Å². The molecule has 3 aromatic rings. The third kappa shape index (κ3) is 4.16. The van der Waals surface area contributed by atoms with Crippen molar-refractivity contribution in [2.75, 3.05) is 25.6 Å². The van der Waals surface area contributed by atoms with Crippen LogP contribution in [0.4, 0.5) is 11.5 Å². The highest BCUT2D eigenvalue weighted by Crippen LogP contribution is 2.30. The first-order chi connectivity index (χ1) is 15.4. The van der Waals surface area contributed by atoms with E-state index in [0.717, 1.165) is 24.3 Å². The molecule has 12 heteroatoms. The number of ether oxygens (including phenoxy) is 2. The number of rotatable bonds is 8. The number of nitro groups is 1. The predicted octanol–water partition coefficient (Wildman–Crippen LogP) is 2.60. The Labute approximate surface area is 187 Å². The highest BCUT2D eigenvalue weighted by molar-refractivity contribution is 6.30. The first kappa shape index (κ1) is 21.8. The third-order valence-electron chi connectivity index (χ3n) is 5.06. The molecule has 32 heavy (non-hydrogen) atoms. The molecule has 1 amide bonds. The summed E-state index contributed by atoms with van der Waals surface area (Å²) >= 11 is 6.27. The minimum Gasteiger partial charge on any atom is -0.490 e. The van der Waals surface area contributed by atoms with Crippen LogP contribution in [0.1, 0.15) is 28.4 Å². The summed E-state index contributed by atoms with van der Waals surface area (Å²) < 4.78 is 12.2. The van der Waals surface area contributed by atoms with Crippen molar-refractivity contribution in [3.8, 4) is 5.75 Å². The Morgan fingerprint density at radius 1 is 1.47 bits per heavy atom. The highest BCUT2D eigenvalue weighted by Gasteiger charge is 2.24. The van der Waals surface area contributed by atoms with Crippen LogP contribution in [0, 0.1) is 10.1 Å². The molecule has 0 spiro atoms. The predicted molar refractivity (Wildman–Crippen MR) is 116 cm³/mol. The topological polar surface area (TPSA) is 133 Å². The second-order valence-corrected chi connectivity index (χ2v) is 7.71. The number of carbonyl (C=O) groups is 1. The van der Waals surface area contributed by atoms with E-state index in [1.54, 1.807) is 17.5 Å². The Balaban J connectivity index is 1.37. The van der Waals surface area contributed by atoms with E-state index in [-0.39, 0.29) is 36.6 Å². The molecule has 0 saturated heterocycles. The molecule has 1 aliphatic rings. The van der Waals surface area contributed by atoms with Crippen molar-refractivity contribution in [3.05, 3.63) is 56.4 Å². The number of nitro benzene ring substituents is 1. The van der Waals surface area contributed by atoms with Crippen molar-refractivity contribution in [1.82, 2.24) is 19.9 Å². The molecule has 2 aromatic heterocycles.